The molecule has 0 amide bonds. The van der Waals surface area contributed by atoms with Crippen LogP contribution < -0.4 is 4.74 Å². The van der Waals surface area contributed by atoms with Gasteiger partial charge in [-0.2, -0.15) is 0 Å². The van der Waals surface area contributed by atoms with Gasteiger partial charge in [-0.15, -0.1) is 0 Å². The second-order valence-electron chi connectivity index (χ2n) is 10.4. The molecule has 8 rings (SSSR count). The van der Waals surface area contributed by atoms with Crippen LogP contribution in [0.15, 0.2) is 146 Å². The van der Waals surface area contributed by atoms with Crippen LogP contribution >= 0.6 is 0 Å². The Morgan fingerprint density at radius 1 is 0.512 bits per heavy atom. The zero-order valence-corrected chi connectivity index (χ0v) is 22.4. The molecule has 0 atom stereocenters. The molecule has 1 aliphatic heterocycles. The molecule has 0 unspecified atom stereocenters. The van der Waals surface area contributed by atoms with Crippen molar-refractivity contribution >= 4 is 11.0 Å². The fourth-order valence-corrected chi connectivity index (χ4v) is 6.01. The zero-order chi connectivity index (χ0) is 27.2. The van der Waals surface area contributed by atoms with Crippen LogP contribution in [0.3, 0.4) is 0 Å². The lowest BCUT2D eigenvalue weighted by molar-refractivity contribution is 0.280. The second-order valence-corrected chi connectivity index (χ2v) is 10.4. The number of hydrogen-bond acceptors (Lipinski definition) is 2. The van der Waals surface area contributed by atoms with E-state index in [0.29, 0.717) is 6.61 Å². The predicted molar refractivity (Wildman–Crippen MR) is 167 cm³/mol. The molecule has 0 saturated carbocycles. The Labute approximate surface area is 239 Å². The van der Waals surface area contributed by atoms with Gasteiger partial charge >= 0.3 is 0 Å². The number of rotatable bonds is 4. The number of ether oxygens (including phenoxy) is 1. The van der Waals surface area contributed by atoms with Crippen LogP contribution in [-0.2, 0) is 6.61 Å². The van der Waals surface area contributed by atoms with E-state index in [1.807, 2.05) is 18.2 Å². The zero-order valence-electron chi connectivity index (χ0n) is 22.4. The highest BCUT2D eigenvalue weighted by Gasteiger charge is 2.21. The van der Waals surface area contributed by atoms with Crippen LogP contribution in [0.2, 0.25) is 0 Å². The number of para-hydroxylation sites is 2. The van der Waals surface area contributed by atoms with Gasteiger partial charge in [0.15, 0.2) is 5.82 Å². The number of aromatic nitrogens is 2. The molecule has 6 aromatic carbocycles. The summed E-state index contributed by atoms with van der Waals surface area (Å²) >= 11 is 0. The van der Waals surface area contributed by atoms with Gasteiger partial charge in [-0.3, -0.25) is 4.57 Å². The van der Waals surface area contributed by atoms with E-state index in [2.05, 4.69) is 132 Å². The smallest absolute Gasteiger partial charge is 0.152 e. The summed E-state index contributed by atoms with van der Waals surface area (Å²) in [5.74, 6) is 1.81. The molecule has 0 fully saturated rings. The average Bonchev–Trinajstić information content (AvgIpc) is 3.44. The third-order valence-electron chi connectivity index (χ3n) is 7.91. The minimum Gasteiger partial charge on any atom is -0.483 e. The molecule has 0 N–H and O–H groups in total. The molecule has 0 bridgehead atoms. The Kier molecular flexibility index (Phi) is 5.53. The lowest BCUT2D eigenvalue weighted by Crippen LogP contribution is -2.12. The molecule has 1 aliphatic rings. The lowest BCUT2D eigenvalue weighted by Gasteiger charge is -2.20. The molecule has 0 aliphatic carbocycles. The maximum Gasteiger partial charge on any atom is 0.152 e. The van der Waals surface area contributed by atoms with Crippen LogP contribution in [0.1, 0.15) is 5.82 Å². The van der Waals surface area contributed by atoms with Gasteiger partial charge in [-0.25, -0.2) is 4.98 Å². The van der Waals surface area contributed by atoms with Gasteiger partial charge in [-0.1, -0.05) is 115 Å². The Hall–Kier alpha value is -5.41. The third-order valence-corrected chi connectivity index (χ3v) is 7.91. The van der Waals surface area contributed by atoms with Crippen molar-refractivity contribution in [1.29, 1.82) is 0 Å². The molecule has 0 radical (unpaired) electrons. The quantitative estimate of drug-likeness (QED) is 0.228. The van der Waals surface area contributed by atoms with E-state index < -0.39 is 0 Å². The van der Waals surface area contributed by atoms with E-state index in [0.717, 1.165) is 33.9 Å². The Morgan fingerprint density at radius 2 is 1.12 bits per heavy atom. The summed E-state index contributed by atoms with van der Waals surface area (Å²) in [6, 6.07) is 51.6. The molecule has 7 aromatic rings. The first-order valence-corrected chi connectivity index (χ1v) is 13.9. The van der Waals surface area contributed by atoms with Gasteiger partial charge in [0, 0.05) is 0 Å². The van der Waals surface area contributed by atoms with E-state index in [1.54, 1.807) is 0 Å². The fourth-order valence-electron chi connectivity index (χ4n) is 6.01. The van der Waals surface area contributed by atoms with Crippen LogP contribution in [0.5, 0.6) is 5.75 Å². The molecule has 41 heavy (non-hydrogen) atoms. The molecule has 1 aromatic heterocycles. The minimum absolute atomic E-state index is 0.467. The first-order valence-electron chi connectivity index (χ1n) is 13.9. The molecular weight excluding hydrogens is 500 g/mol. The van der Waals surface area contributed by atoms with Crippen LogP contribution in [0.4, 0.5) is 0 Å². The molecular formula is C38H26N2O. The molecule has 3 heteroatoms. The molecule has 3 nitrogen and oxygen atoms in total. The molecule has 2 heterocycles. The number of nitrogens with zero attached hydrogens (tertiary/aromatic N) is 2. The Morgan fingerprint density at radius 3 is 1.88 bits per heavy atom. The largest absolute Gasteiger partial charge is 0.483 e. The van der Waals surface area contributed by atoms with Crippen molar-refractivity contribution in [3.05, 3.63) is 151 Å². The number of imidazole rings is 1. The van der Waals surface area contributed by atoms with Crippen molar-refractivity contribution in [2.24, 2.45) is 0 Å². The summed E-state index contributed by atoms with van der Waals surface area (Å²) in [6.07, 6.45) is 0. The third kappa shape index (κ3) is 4.02. The number of fused-ring (bicyclic) bond motifs is 5. The summed E-state index contributed by atoms with van der Waals surface area (Å²) in [4.78, 5) is 4.88. The van der Waals surface area contributed by atoms with Crippen molar-refractivity contribution < 1.29 is 4.74 Å². The maximum atomic E-state index is 5.97. The fraction of sp³-hybridized carbons (Fsp3) is 0.0263. The van der Waals surface area contributed by atoms with Gasteiger partial charge in [0.25, 0.3) is 0 Å². The van der Waals surface area contributed by atoms with Crippen molar-refractivity contribution in [3.8, 4) is 55.9 Å². The second kappa shape index (κ2) is 9.65. The van der Waals surface area contributed by atoms with E-state index in [1.165, 1.54) is 38.9 Å². The summed E-state index contributed by atoms with van der Waals surface area (Å²) in [5.41, 5.74) is 12.7. The standard InChI is InChI=1S/C38H26N2O/c1-3-11-26(12-4-1)31-17-10-18-32(27-13-5-2-6-14-27)38(31)30-16-9-15-28(23-30)29-21-22-33-35(24-29)40-34-19-7-8-20-36(34)41-25-37(40)39-33/h1-24H,25H2. The van der Waals surface area contributed by atoms with E-state index >= 15 is 0 Å². The average molecular weight is 527 g/mol. The van der Waals surface area contributed by atoms with Crippen LogP contribution in [-0.4, -0.2) is 9.55 Å². The summed E-state index contributed by atoms with van der Waals surface area (Å²) in [7, 11) is 0. The minimum atomic E-state index is 0.467. The van der Waals surface area contributed by atoms with E-state index in [4.69, 9.17) is 9.72 Å². The highest BCUT2D eigenvalue weighted by atomic mass is 16.5. The van der Waals surface area contributed by atoms with Crippen LogP contribution in [0, 0.1) is 0 Å². The monoisotopic (exact) mass is 526 g/mol. The summed E-state index contributed by atoms with van der Waals surface area (Å²) in [6.45, 7) is 0.467. The molecule has 0 spiro atoms. The number of benzene rings is 6. The highest BCUT2D eigenvalue weighted by molar-refractivity contribution is 5.96. The summed E-state index contributed by atoms with van der Waals surface area (Å²) < 4.78 is 8.21. The Bertz CT molecular complexity index is 1980. The predicted octanol–water partition coefficient (Wildman–Crippen LogP) is 9.59. The highest BCUT2D eigenvalue weighted by Crippen LogP contribution is 2.41. The van der Waals surface area contributed by atoms with Gasteiger partial charge in [0.2, 0.25) is 0 Å². The molecule has 0 saturated heterocycles. The van der Waals surface area contributed by atoms with Gasteiger partial charge < -0.3 is 4.74 Å². The maximum absolute atomic E-state index is 5.97. The Balaban J connectivity index is 1.31. The van der Waals surface area contributed by atoms with Crippen molar-refractivity contribution in [1.82, 2.24) is 9.55 Å². The topological polar surface area (TPSA) is 27.1 Å². The van der Waals surface area contributed by atoms with Crippen molar-refractivity contribution in [3.63, 3.8) is 0 Å². The lowest BCUT2D eigenvalue weighted by atomic mass is 9.86. The van der Waals surface area contributed by atoms with E-state index in [9.17, 15) is 0 Å². The van der Waals surface area contributed by atoms with Gasteiger partial charge in [0.1, 0.15) is 12.4 Å². The first kappa shape index (κ1) is 23.5. The van der Waals surface area contributed by atoms with Gasteiger partial charge in [0.05, 0.1) is 16.7 Å². The van der Waals surface area contributed by atoms with Gasteiger partial charge in [-0.05, 0) is 74.8 Å². The number of hydrogen-bond donors (Lipinski definition) is 0. The molecule has 194 valence electrons. The van der Waals surface area contributed by atoms with E-state index in [-0.39, 0.29) is 0 Å². The first-order chi connectivity index (χ1) is 20.3. The van der Waals surface area contributed by atoms with Crippen LogP contribution in [0.25, 0.3) is 61.2 Å². The summed E-state index contributed by atoms with van der Waals surface area (Å²) in [5, 5.41) is 0. The SMILES string of the molecule is c1ccc(-c2cccc(-c3ccccc3)c2-c2cccc(-c3ccc4nc5n(c4c3)-c3ccccc3OC5)c2)cc1. The normalized spacial score (nSPS) is 12.0. The van der Waals surface area contributed by atoms with Crippen molar-refractivity contribution in [2.75, 3.05) is 0 Å². The van der Waals surface area contributed by atoms with Crippen molar-refractivity contribution in [2.45, 2.75) is 6.61 Å².